The van der Waals surface area contributed by atoms with Crippen LogP contribution < -0.4 is 10.2 Å². The Labute approximate surface area is 221 Å². The van der Waals surface area contributed by atoms with Gasteiger partial charge in [0, 0.05) is 37.6 Å². The van der Waals surface area contributed by atoms with Gasteiger partial charge in [-0.3, -0.25) is 0 Å². The Kier molecular flexibility index (Phi) is 9.85. The molecule has 0 atom stereocenters. The topological polar surface area (TPSA) is 105 Å². The van der Waals surface area contributed by atoms with Crippen LogP contribution in [0, 0.1) is 5.82 Å². The fourth-order valence-electron chi connectivity index (χ4n) is 3.62. The number of carboxylic acid groups (broad SMARTS) is 2. The summed E-state index contributed by atoms with van der Waals surface area (Å²) in [6, 6.07) is 23.2. The fraction of sp³-hybridized carbons (Fsp3) is 0.222. The van der Waals surface area contributed by atoms with Crippen LogP contribution in [0.25, 0.3) is 0 Å². The molecular formula is C27H26F4N4O4. The molecule has 206 valence electrons. The Morgan fingerprint density at radius 3 is 1.92 bits per heavy atom. The minimum Gasteiger partial charge on any atom is -0.478 e. The van der Waals surface area contributed by atoms with Crippen LogP contribution in [-0.2, 0) is 11.3 Å². The maximum Gasteiger partial charge on any atom is 0.490 e. The number of alkyl halides is 3. The van der Waals surface area contributed by atoms with Crippen molar-refractivity contribution in [3.63, 3.8) is 0 Å². The summed E-state index contributed by atoms with van der Waals surface area (Å²) in [4.78, 5) is 29.3. The molecule has 1 aliphatic heterocycles. The number of hydrogen-bond acceptors (Lipinski definition) is 4. The summed E-state index contributed by atoms with van der Waals surface area (Å²) >= 11 is 0. The summed E-state index contributed by atoms with van der Waals surface area (Å²) in [7, 11) is 0. The number of aromatic carboxylic acids is 1. The molecule has 1 saturated heterocycles. The summed E-state index contributed by atoms with van der Waals surface area (Å²) in [5.41, 5.74) is 3.14. The first-order chi connectivity index (χ1) is 18.5. The molecule has 3 aromatic carbocycles. The van der Waals surface area contributed by atoms with Gasteiger partial charge < -0.3 is 25.3 Å². The summed E-state index contributed by atoms with van der Waals surface area (Å²) in [6.45, 7) is 3.62. The number of carbonyl (C=O) groups is 2. The highest BCUT2D eigenvalue weighted by atomic mass is 19.4. The van der Waals surface area contributed by atoms with Crippen LogP contribution in [0.2, 0.25) is 0 Å². The average molecular weight is 547 g/mol. The fourth-order valence-corrected chi connectivity index (χ4v) is 3.62. The number of hydrogen-bond donors (Lipinski definition) is 3. The van der Waals surface area contributed by atoms with E-state index in [1.54, 1.807) is 36.4 Å². The van der Waals surface area contributed by atoms with Crippen LogP contribution in [0.1, 0.15) is 15.9 Å². The van der Waals surface area contributed by atoms with Gasteiger partial charge in [-0.2, -0.15) is 13.2 Å². The summed E-state index contributed by atoms with van der Waals surface area (Å²) in [6.07, 6.45) is -5.08. The van der Waals surface area contributed by atoms with E-state index >= 15 is 0 Å². The van der Waals surface area contributed by atoms with Gasteiger partial charge in [-0.15, -0.1) is 0 Å². The molecule has 1 aliphatic rings. The number of nitrogens with zero attached hydrogens (tertiary/aromatic N) is 3. The van der Waals surface area contributed by atoms with E-state index in [0.717, 1.165) is 49.1 Å². The molecule has 0 aromatic heterocycles. The summed E-state index contributed by atoms with van der Waals surface area (Å²) in [5.74, 6) is -3.20. The number of guanidine groups is 1. The molecule has 3 N–H and O–H groups in total. The van der Waals surface area contributed by atoms with Gasteiger partial charge >= 0.3 is 18.1 Å². The highest BCUT2D eigenvalue weighted by Crippen LogP contribution is 2.18. The van der Waals surface area contributed by atoms with Crippen LogP contribution in [0.3, 0.4) is 0 Å². The first-order valence-electron chi connectivity index (χ1n) is 11.8. The molecule has 39 heavy (non-hydrogen) atoms. The molecule has 4 rings (SSSR count). The summed E-state index contributed by atoms with van der Waals surface area (Å²) < 4.78 is 45.0. The molecule has 12 heteroatoms. The second kappa shape index (κ2) is 13.3. The normalized spacial score (nSPS) is 13.8. The zero-order chi connectivity index (χ0) is 28.4. The SMILES string of the molecule is O=C(O)C(F)(F)F.O=C(O)c1ccc(NC(=NCc2ccccc2)N2CCN(c3ccc(F)cc3)CC2)cc1. The van der Waals surface area contributed by atoms with E-state index < -0.39 is 18.1 Å². The Morgan fingerprint density at radius 1 is 0.846 bits per heavy atom. The molecule has 0 unspecified atom stereocenters. The lowest BCUT2D eigenvalue weighted by molar-refractivity contribution is -0.192. The van der Waals surface area contributed by atoms with Gasteiger partial charge in [-0.05, 0) is 54.1 Å². The van der Waals surface area contributed by atoms with Crippen molar-refractivity contribution in [2.75, 3.05) is 36.4 Å². The Bertz CT molecular complexity index is 1260. The van der Waals surface area contributed by atoms with E-state index in [4.69, 9.17) is 20.0 Å². The van der Waals surface area contributed by atoms with Crippen molar-refractivity contribution in [3.05, 3.63) is 95.8 Å². The van der Waals surface area contributed by atoms with Crippen molar-refractivity contribution in [1.29, 1.82) is 0 Å². The third kappa shape index (κ3) is 9.02. The quantitative estimate of drug-likeness (QED) is 0.236. The highest BCUT2D eigenvalue weighted by Gasteiger charge is 2.38. The van der Waals surface area contributed by atoms with Crippen LogP contribution in [0.15, 0.2) is 83.9 Å². The molecular weight excluding hydrogens is 520 g/mol. The second-order valence-corrected chi connectivity index (χ2v) is 8.39. The van der Waals surface area contributed by atoms with Gasteiger partial charge in [-0.1, -0.05) is 30.3 Å². The zero-order valence-electron chi connectivity index (χ0n) is 20.6. The standard InChI is InChI=1S/C25H25FN4O2.C2HF3O2/c26-21-8-12-23(13-9-21)29-14-16-30(17-15-29)25(27-18-19-4-2-1-3-5-19)28-22-10-6-20(7-11-22)24(31)32;3-2(4,5)1(6)7/h1-13H,14-18H2,(H,27,28)(H,31,32);(H,6,7). The molecule has 3 aromatic rings. The van der Waals surface area contributed by atoms with Gasteiger partial charge in [0.25, 0.3) is 0 Å². The van der Waals surface area contributed by atoms with E-state index in [-0.39, 0.29) is 11.4 Å². The number of piperazine rings is 1. The third-order valence-corrected chi connectivity index (χ3v) is 5.66. The van der Waals surface area contributed by atoms with E-state index in [9.17, 15) is 22.4 Å². The van der Waals surface area contributed by atoms with E-state index in [2.05, 4.69) is 15.1 Å². The van der Waals surface area contributed by atoms with Crippen LogP contribution >= 0.6 is 0 Å². The Hall–Kier alpha value is -4.61. The first-order valence-corrected chi connectivity index (χ1v) is 11.8. The zero-order valence-corrected chi connectivity index (χ0v) is 20.6. The van der Waals surface area contributed by atoms with Crippen molar-refractivity contribution in [3.8, 4) is 0 Å². The molecule has 0 spiro atoms. The smallest absolute Gasteiger partial charge is 0.478 e. The predicted octanol–water partition coefficient (Wildman–Crippen LogP) is 4.95. The molecule has 1 heterocycles. The number of benzene rings is 3. The minimum absolute atomic E-state index is 0.235. The van der Waals surface area contributed by atoms with Crippen molar-refractivity contribution in [2.24, 2.45) is 4.99 Å². The number of aliphatic carboxylic acids is 1. The molecule has 0 bridgehead atoms. The lowest BCUT2D eigenvalue weighted by Crippen LogP contribution is -2.50. The van der Waals surface area contributed by atoms with Crippen molar-refractivity contribution in [2.45, 2.75) is 12.7 Å². The maximum absolute atomic E-state index is 13.2. The van der Waals surface area contributed by atoms with Crippen molar-refractivity contribution >= 4 is 29.3 Å². The predicted molar refractivity (Wildman–Crippen MR) is 138 cm³/mol. The number of anilines is 2. The number of nitrogens with one attached hydrogen (secondary N) is 1. The Balaban J connectivity index is 0.000000532. The van der Waals surface area contributed by atoms with Crippen molar-refractivity contribution < 1.29 is 37.4 Å². The van der Waals surface area contributed by atoms with Gasteiger partial charge in [0.1, 0.15) is 5.82 Å². The minimum atomic E-state index is -5.08. The lowest BCUT2D eigenvalue weighted by atomic mass is 10.2. The van der Waals surface area contributed by atoms with E-state index in [0.29, 0.717) is 6.54 Å². The molecule has 0 aliphatic carbocycles. The number of halogens is 4. The van der Waals surface area contributed by atoms with E-state index in [1.807, 2.05) is 30.3 Å². The summed E-state index contributed by atoms with van der Waals surface area (Å²) in [5, 5.41) is 19.6. The van der Waals surface area contributed by atoms with Gasteiger partial charge in [0.2, 0.25) is 0 Å². The molecule has 8 nitrogen and oxygen atoms in total. The maximum atomic E-state index is 13.2. The van der Waals surface area contributed by atoms with Gasteiger partial charge in [-0.25, -0.2) is 19.0 Å². The van der Waals surface area contributed by atoms with Gasteiger partial charge in [0.05, 0.1) is 12.1 Å². The molecule has 0 radical (unpaired) electrons. The monoisotopic (exact) mass is 546 g/mol. The van der Waals surface area contributed by atoms with Crippen LogP contribution in [-0.4, -0.2) is 65.4 Å². The highest BCUT2D eigenvalue weighted by molar-refractivity contribution is 5.95. The third-order valence-electron chi connectivity index (χ3n) is 5.66. The number of rotatable bonds is 5. The van der Waals surface area contributed by atoms with E-state index in [1.165, 1.54) is 12.1 Å². The molecule has 0 amide bonds. The number of carboxylic acids is 2. The van der Waals surface area contributed by atoms with Gasteiger partial charge in [0.15, 0.2) is 5.96 Å². The number of aliphatic imine (C=N–C) groups is 1. The average Bonchev–Trinajstić information content (AvgIpc) is 2.92. The second-order valence-electron chi connectivity index (χ2n) is 8.39. The van der Waals surface area contributed by atoms with Crippen LogP contribution in [0.5, 0.6) is 0 Å². The Morgan fingerprint density at radius 2 is 1.41 bits per heavy atom. The molecule has 0 saturated carbocycles. The first kappa shape index (κ1) is 29.0. The van der Waals surface area contributed by atoms with Crippen LogP contribution in [0.4, 0.5) is 28.9 Å². The molecule has 1 fully saturated rings. The largest absolute Gasteiger partial charge is 0.490 e. The van der Waals surface area contributed by atoms with Crippen molar-refractivity contribution in [1.82, 2.24) is 4.90 Å². The lowest BCUT2D eigenvalue weighted by Gasteiger charge is -2.37.